The molecule has 3 aromatic rings. The van der Waals surface area contributed by atoms with Crippen LogP contribution < -0.4 is 14.4 Å². The van der Waals surface area contributed by atoms with Gasteiger partial charge in [-0.3, -0.25) is 4.57 Å². The van der Waals surface area contributed by atoms with Gasteiger partial charge in [-0.2, -0.15) is 0 Å². The lowest BCUT2D eigenvalue weighted by molar-refractivity contribution is -0.274. The largest absolute Gasteiger partial charge is 0.573 e. The number of halogens is 4. The Morgan fingerprint density at radius 2 is 1.76 bits per heavy atom. The molecule has 0 amide bonds. The SMILES string of the molecule is FC(F)(F)Oc1ccc(OCCn2c(N3CCCC3)nc3cc(Br)cnc32)cc1. The van der Waals surface area contributed by atoms with Crippen LogP contribution in [-0.4, -0.2) is 40.6 Å². The van der Waals surface area contributed by atoms with Gasteiger partial charge in [0.25, 0.3) is 0 Å². The first-order valence-electron chi connectivity index (χ1n) is 9.14. The van der Waals surface area contributed by atoms with Crippen LogP contribution in [0, 0.1) is 0 Å². The highest BCUT2D eigenvalue weighted by Gasteiger charge is 2.31. The van der Waals surface area contributed by atoms with Crippen LogP contribution in [0.1, 0.15) is 12.8 Å². The van der Waals surface area contributed by atoms with E-state index in [1.807, 2.05) is 10.6 Å². The Kier molecular flexibility index (Phi) is 5.53. The molecule has 0 spiro atoms. The van der Waals surface area contributed by atoms with Gasteiger partial charge in [-0.15, -0.1) is 13.2 Å². The minimum Gasteiger partial charge on any atom is -0.492 e. The summed E-state index contributed by atoms with van der Waals surface area (Å²) in [5, 5.41) is 0. The number of anilines is 1. The zero-order valence-electron chi connectivity index (χ0n) is 15.3. The summed E-state index contributed by atoms with van der Waals surface area (Å²) in [6.07, 6.45) is -0.723. The lowest BCUT2D eigenvalue weighted by Crippen LogP contribution is -2.23. The van der Waals surface area contributed by atoms with Crippen molar-refractivity contribution in [2.24, 2.45) is 0 Å². The Morgan fingerprint density at radius 3 is 2.45 bits per heavy atom. The molecule has 1 aliphatic heterocycles. The molecule has 1 aliphatic rings. The maximum absolute atomic E-state index is 12.2. The summed E-state index contributed by atoms with van der Waals surface area (Å²) < 4.78 is 49.2. The Hall–Kier alpha value is -2.49. The lowest BCUT2D eigenvalue weighted by Gasteiger charge is -2.18. The molecule has 4 rings (SSSR count). The molecule has 2 aromatic heterocycles. The number of alkyl halides is 3. The van der Waals surface area contributed by atoms with E-state index in [9.17, 15) is 13.2 Å². The molecule has 29 heavy (non-hydrogen) atoms. The van der Waals surface area contributed by atoms with Gasteiger partial charge >= 0.3 is 6.36 Å². The van der Waals surface area contributed by atoms with E-state index in [0.29, 0.717) is 18.9 Å². The van der Waals surface area contributed by atoms with Crippen LogP contribution in [0.4, 0.5) is 19.1 Å². The summed E-state index contributed by atoms with van der Waals surface area (Å²) in [5.74, 6) is 1.04. The molecule has 0 N–H and O–H groups in total. The highest BCUT2D eigenvalue weighted by molar-refractivity contribution is 9.10. The summed E-state index contributed by atoms with van der Waals surface area (Å²) in [4.78, 5) is 11.5. The summed E-state index contributed by atoms with van der Waals surface area (Å²) in [6, 6.07) is 7.28. The molecule has 0 unspecified atom stereocenters. The highest BCUT2D eigenvalue weighted by atomic mass is 79.9. The van der Waals surface area contributed by atoms with Gasteiger partial charge in [-0.05, 0) is 59.1 Å². The number of imidazole rings is 1. The number of rotatable bonds is 6. The van der Waals surface area contributed by atoms with Gasteiger partial charge in [-0.25, -0.2) is 9.97 Å². The van der Waals surface area contributed by atoms with E-state index < -0.39 is 6.36 Å². The molecule has 0 saturated carbocycles. The maximum Gasteiger partial charge on any atom is 0.573 e. The second-order valence-electron chi connectivity index (χ2n) is 6.62. The minimum atomic E-state index is -4.71. The fraction of sp³-hybridized carbons (Fsp3) is 0.368. The van der Waals surface area contributed by atoms with Crippen LogP contribution in [-0.2, 0) is 6.54 Å². The topological polar surface area (TPSA) is 52.4 Å². The van der Waals surface area contributed by atoms with E-state index in [1.165, 1.54) is 24.3 Å². The van der Waals surface area contributed by atoms with Crippen LogP contribution in [0.25, 0.3) is 11.2 Å². The van der Waals surface area contributed by atoms with Crippen molar-refractivity contribution >= 4 is 33.0 Å². The van der Waals surface area contributed by atoms with Gasteiger partial charge in [-0.1, -0.05) is 0 Å². The molecule has 0 bridgehead atoms. The van der Waals surface area contributed by atoms with E-state index in [4.69, 9.17) is 9.72 Å². The fourth-order valence-corrected chi connectivity index (χ4v) is 3.65. The van der Waals surface area contributed by atoms with Crippen molar-refractivity contribution in [2.75, 3.05) is 24.6 Å². The number of nitrogens with zero attached hydrogens (tertiary/aromatic N) is 4. The van der Waals surface area contributed by atoms with Crippen molar-refractivity contribution < 1.29 is 22.6 Å². The summed E-state index contributed by atoms with van der Waals surface area (Å²) >= 11 is 3.43. The molecule has 3 heterocycles. The van der Waals surface area contributed by atoms with Crippen LogP contribution in [0.3, 0.4) is 0 Å². The third-order valence-corrected chi connectivity index (χ3v) is 4.99. The maximum atomic E-state index is 12.2. The molecule has 0 aliphatic carbocycles. The van der Waals surface area contributed by atoms with Crippen LogP contribution in [0.5, 0.6) is 11.5 Å². The zero-order chi connectivity index (χ0) is 20.4. The van der Waals surface area contributed by atoms with Gasteiger partial charge in [0.1, 0.15) is 23.6 Å². The summed E-state index contributed by atoms with van der Waals surface area (Å²) in [6.45, 7) is 2.74. The molecular weight excluding hydrogens is 453 g/mol. The van der Waals surface area contributed by atoms with Gasteiger partial charge in [0.2, 0.25) is 5.95 Å². The lowest BCUT2D eigenvalue weighted by atomic mass is 10.3. The van der Waals surface area contributed by atoms with E-state index in [-0.39, 0.29) is 5.75 Å². The number of benzene rings is 1. The molecule has 6 nitrogen and oxygen atoms in total. The van der Waals surface area contributed by atoms with Crippen molar-refractivity contribution in [3.63, 3.8) is 0 Å². The minimum absolute atomic E-state index is 0.281. The molecule has 0 radical (unpaired) electrons. The quantitative estimate of drug-likeness (QED) is 0.519. The Labute approximate surface area is 173 Å². The van der Waals surface area contributed by atoms with E-state index in [0.717, 1.165) is 47.5 Å². The average molecular weight is 471 g/mol. The predicted molar refractivity (Wildman–Crippen MR) is 105 cm³/mol. The standard InChI is InChI=1S/C19H18BrF3N4O2/c20-13-11-16-17(24-12-13)27(18(25-16)26-7-1-2-8-26)9-10-28-14-3-5-15(6-4-14)29-19(21,22)23/h3-6,11-12H,1-2,7-10H2. The van der Waals surface area contributed by atoms with Crippen LogP contribution in [0.15, 0.2) is 41.0 Å². The zero-order valence-corrected chi connectivity index (χ0v) is 16.9. The van der Waals surface area contributed by atoms with Gasteiger partial charge in [0.05, 0.1) is 6.54 Å². The van der Waals surface area contributed by atoms with Crippen molar-refractivity contribution in [1.82, 2.24) is 14.5 Å². The van der Waals surface area contributed by atoms with E-state index >= 15 is 0 Å². The number of ether oxygens (including phenoxy) is 2. The summed E-state index contributed by atoms with van der Waals surface area (Å²) in [5.41, 5.74) is 1.57. The monoisotopic (exact) mass is 470 g/mol. The molecule has 1 aromatic carbocycles. The second-order valence-corrected chi connectivity index (χ2v) is 7.54. The third-order valence-electron chi connectivity index (χ3n) is 4.56. The molecule has 0 atom stereocenters. The number of aromatic nitrogens is 3. The van der Waals surface area contributed by atoms with Crippen molar-refractivity contribution in [3.05, 3.63) is 41.0 Å². The normalized spacial score (nSPS) is 14.6. The Balaban J connectivity index is 1.47. The van der Waals surface area contributed by atoms with Gasteiger partial charge < -0.3 is 14.4 Å². The molecule has 1 fully saturated rings. The first-order chi connectivity index (χ1) is 13.9. The second kappa shape index (κ2) is 8.10. The molecule has 10 heteroatoms. The summed E-state index contributed by atoms with van der Waals surface area (Å²) in [7, 11) is 0. The first-order valence-corrected chi connectivity index (χ1v) is 9.94. The van der Waals surface area contributed by atoms with E-state index in [1.54, 1.807) is 6.20 Å². The first kappa shape index (κ1) is 19.8. The number of hydrogen-bond acceptors (Lipinski definition) is 5. The smallest absolute Gasteiger partial charge is 0.492 e. The Morgan fingerprint density at radius 1 is 1.07 bits per heavy atom. The highest BCUT2D eigenvalue weighted by Crippen LogP contribution is 2.27. The third kappa shape index (κ3) is 4.75. The number of fused-ring (bicyclic) bond motifs is 1. The van der Waals surface area contributed by atoms with Crippen molar-refractivity contribution in [1.29, 1.82) is 0 Å². The fourth-order valence-electron chi connectivity index (χ4n) is 3.33. The molecule has 154 valence electrons. The predicted octanol–water partition coefficient (Wildman–Crippen LogP) is 4.77. The van der Waals surface area contributed by atoms with Crippen molar-refractivity contribution in [2.45, 2.75) is 25.7 Å². The average Bonchev–Trinajstić information content (AvgIpc) is 3.29. The molecular formula is C19H18BrF3N4O2. The molecule has 1 saturated heterocycles. The van der Waals surface area contributed by atoms with Crippen LogP contribution in [0.2, 0.25) is 0 Å². The number of hydrogen-bond donors (Lipinski definition) is 0. The van der Waals surface area contributed by atoms with Gasteiger partial charge in [0.15, 0.2) is 5.65 Å². The van der Waals surface area contributed by atoms with Crippen LogP contribution >= 0.6 is 15.9 Å². The van der Waals surface area contributed by atoms with E-state index in [2.05, 4.69) is 30.6 Å². The van der Waals surface area contributed by atoms with Gasteiger partial charge in [0, 0.05) is 23.8 Å². The number of pyridine rings is 1. The van der Waals surface area contributed by atoms with Crippen molar-refractivity contribution in [3.8, 4) is 11.5 Å². The Bertz CT molecular complexity index is 986.